The fourth-order valence-corrected chi connectivity index (χ4v) is 7.39. The van der Waals surface area contributed by atoms with Gasteiger partial charge < -0.3 is 4.57 Å². The molecular formula is C37H22N4. The van der Waals surface area contributed by atoms with Gasteiger partial charge in [-0.25, -0.2) is 4.98 Å². The third-order valence-corrected chi connectivity index (χ3v) is 8.93. The molecule has 4 aromatic heterocycles. The molecule has 0 atom stereocenters. The number of fused-ring (bicyclic) bond motifs is 17. The number of nitrogens with zero attached hydrogens (tertiary/aromatic N) is 4. The molecule has 1 aliphatic carbocycles. The highest BCUT2D eigenvalue weighted by molar-refractivity contribution is 6.34. The van der Waals surface area contributed by atoms with Gasteiger partial charge in [0.2, 0.25) is 0 Å². The van der Waals surface area contributed by atoms with Crippen LogP contribution in [0.4, 0.5) is 0 Å². The second-order valence-corrected chi connectivity index (χ2v) is 11.0. The molecule has 0 spiro atoms. The molecule has 0 fully saturated rings. The molecule has 1 aliphatic rings. The fourth-order valence-electron chi connectivity index (χ4n) is 7.39. The molecule has 4 nitrogen and oxygen atoms in total. The van der Waals surface area contributed by atoms with E-state index in [0.29, 0.717) is 0 Å². The van der Waals surface area contributed by atoms with Crippen molar-refractivity contribution in [1.29, 1.82) is 0 Å². The molecule has 0 radical (unpaired) electrons. The van der Waals surface area contributed by atoms with E-state index in [4.69, 9.17) is 9.97 Å². The molecule has 0 bridgehead atoms. The number of pyridine rings is 2. The smallest absolute Gasteiger partial charge is 0.146 e. The summed E-state index contributed by atoms with van der Waals surface area (Å²) in [5.41, 5.74) is 14.1. The highest BCUT2D eigenvalue weighted by Crippen LogP contribution is 2.51. The Morgan fingerprint density at radius 3 is 2.29 bits per heavy atom. The third-order valence-electron chi connectivity index (χ3n) is 8.93. The molecule has 0 amide bonds. The summed E-state index contributed by atoms with van der Waals surface area (Å²) in [5.74, 6) is 0. The third kappa shape index (κ3) is 2.60. The molecule has 4 heteroatoms. The van der Waals surface area contributed by atoms with Gasteiger partial charge in [0.1, 0.15) is 5.65 Å². The molecule has 10 rings (SSSR count). The van der Waals surface area contributed by atoms with E-state index in [9.17, 15) is 0 Å². The SMILES string of the molecule is c1ccc(-n2c3ccccc3c3c4c5ncccc5n5c6ccccc6nc5c4c4c(c32)-c2ccccc2C4)cc1. The Morgan fingerprint density at radius 2 is 1.37 bits per heavy atom. The lowest BCUT2D eigenvalue weighted by Gasteiger charge is -2.16. The Morgan fingerprint density at radius 1 is 0.610 bits per heavy atom. The summed E-state index contributed by atoms with van der Waals surface area (Å²) in [5, 5.41) is 4.88. The van der Waals surface area contributed by atoms with Crippen LogP contribution in [0.5, 0.6) is 0 Å². The molecule has 9 aromatic rings. The predicted molar refractivity (Wildman–Crippen MR) is 168 cm³/mol. The van der Waals surface area contributed by atoms with Gasteiger partial charge >= 0.3 is 0 Å². The molecule has 0 saturated heterocycles. The van der Waals surface area contributed by atoms with Crippen LogP contribution in [-0.4, -0.2) is 18.9 Å². The first kappa shape index (κ1) is 21.4. The number of hydrogen-bond acceptors (Lipinski definition) is 2. The van der Waals surface area contributed by atoms with Crippen molar-refractivity contribution in [2.45, 2.75) is 6.42 Å². The van der Waals surface area contributed by atoms with Crippen molar-refractivity contribution >= 4 is 60.3 Å². The van der Waals surface area contributed by atoms with Crippen molar-refractivity contribution in [1.82, 2.24) is 18.9 Å². The summed E-state index contributed by atoms with van der Waals surface area (Å²) in [6, 6.07) is 41.2. The summed E-state index contributed by atoms with van der Waals surface area (Å²) in [7, 11) is 0. The van der Waals surface area contributed by atoms with Gasteiger partial charge in [0.15, 0.2) is 0 Å². The Kier molecular flexibility index (Phi) is 3.95. The lowest BCUT2D eigenvalue weighted by atomic mass is 9.93. The molecule has 0 N–H and O–H groups in total. The minimum Gasteiger partial charge on any atom is -0.309 e. The van der Waals surface area contributed by atoms with Crippen LogP contribution in [0.25, 0.3) is 77.1 Å². The molecule has 41 heavy (non-hydrogen) atoms. The number of benzene rings is 5. The first-order chi connectivity index (χ1) is 20.4. The Hall–Kier alpha value is -5.48. The number of para-hydroxylation sites is 4. The Labute approximate surface area is 234 Å². The van der Waals surface area contributed by atoms with Gasteiger partial charge in [-0.1, -0.05) is 72.8 Å². The van der Waals surface area contributed by atoms with Crippen LogP contribution < -0.4 is 0 Å². The molecule has 0 unspecified atom stereocenters. The first-order valence-corrected chi connectivity index (χ1v) is 14.1. The van der Waals surface area contributed by atoms with Gasteiger partial charge in [0.25, 0.3) is 0 Å². The zero-order valence-electron chi connectivity index (χ0n) is 22.0. The number of imidazole rings is 1. The maximum absolute atomic E-state index is 5.31. The normalized spacial score (nSPS) is 12.8. The quantitative estimate of drug-likeness (QED) is 0.202. The van der Waals surface area contributed by atoms with E-state index in [1.165, 1.54) is 54.8 Å². The van der Waals surface area contributed by atoms with Crippen molar-refractivity contribution in [3.63, 3.8) is 0 Å². The highest BCUT2D eigenvalue weighted by atomic mass is 15.0. The molecular weight excluding hydrogens is 500 g/mol. The van der Waals surface area contributed by atoms with Gasteiger partial charge in [0, 0.05) is 39.0 Å². The van der Waals surface area contributed by atoms with Crippen LogP contribution in [0.15, 0.2) is 121 Å². The van der Waals surface area contributed by atoms with Crippen LogP contribution in [0, 0.1) is 0 Å². The summed E-state index contributed by atoms with van der Waals surface area (Å²) in [4.78, 5) is 10.4. The highest BCUT2D eigenvalue weighted by Gasteiger charge is 2.31. The van der Waals surface area contributed by atoms with Crippen LogP contribution in [0.3, 0.4) is 0 Å². The summed E-state index contributed by atoms with van der Waals surface area (Å²) in [6.45, 7) is 0. The van der Waals surface area contributed by atoms with E-state index in [-0.39, 0.29) is 0 Å². The zero-order valence-corrected chi connectivity index (χ0v) is 22.0. The monoisotopic (exact) mass is 522 g/mol. The lowest BCUT2D eigenvalue weighted by Crippen LogP contribution is -1.99. The fraction of sp³-hybridized carbons (Fsp3) is 0.0270. The molecule has 190 valence electrons. The Bertz CT molecular complexity index is 2550. The largest absolute Gasteiger partial charge is 0.309 e. The second-order valence-electron chi connectivity index (χ2n) is 11.0. The zero-order chi connectivity index (χ0) is 26.7. The molecule has 0 aliphatic heterocycles. The van der Waals surface area contributed by atoms with Crippen molar-refractivity contribution in [3.8, 4) is 16.8 Å². The van der Waals surface area contributed by atoms with Gasteiger partial charge in [-0.05, 0) is 65.6 Å². The first-order valence-electron chi connectivity index (χ1n) is 14.1. The van der Waals surface area contributed by atoms with Crippen LogP contribution in [0.2, 0.25) is 0 Å². The standard InChI is InChI=1S/C37H22N4/c1-2-12-23(13-3-1)40-28-17-8-6-15-25(28)32-34-33(26-21-22-11-4-5-14-24(22)31(26)36(32)40)37-39-27-16-7-9-18-29(27)41(37)30-19-10-20-38-35(30)34/h1-20H,21H2. The van der Waals surface area contributed by atoms with Gasteiger partial charge in [-0.3, -0.25) is 9.38 Å². The van der Waals surface area contributed by atoms with Crippen molar-refractivity contribution in [2.24, 2.45) is 0 Å². The van der Waals surface area contributed by atoms with Gasteiger partial charge in [-0.2, -0.15) is 0 Å². The molecule has 5 aromatic carbocycles. The molecule has 0 saturated carbocycles. The summed E-state index contributed by atoms with van der Waals surface area (Å²) in [6.07, 6.45) is 2.79. The van der Waals surface area contributed by atoms with Crippen LogP contribution >= 0.6 is 0 Å². The molecule has 4 heterocycles. The van der Waals surface area contributed by atoms with Gasteiger partial charge in [-0.15, -0.1) is 0 Å². The topological polar surface area (TPSA) is 35.1 Å². The van der Waals surface area contributed by atoms with E-state index in [2.05, 4.69) is 118 Å². The van der Waals surface area contributed by atoms with E-state index in [0.717, 1.165) is 39.8 Å². The summed E-state index contributed by atoms with van der Waals surface area (Å²) < 4.78 is 4.79. The van der Waals surface area contributed by atoms with E-state index >= 15 is 0 Å². The van der Waals surface area contributed by atoms with Crippen molar-refractivity contribution in [3.05, 3.63) is 133 Å². The van der Waals surface area contributed by atoms with Crippen molar-refractivity contribution < 1.29 is 0 Å². The maximum Gasteiger partial charge on any atom is 0.146 e. The van der Waals surface area contributed by atoms with E-state index in [1.807, 2.05) is 12.3 Å². The summed E-state index contributed by atoms with van der Waals surface area (Å²) >= 11 is 0. The van der Waals surface area contributed by atoms with Crippen molar-refractivity contribution in [2.75, 3.05) is 0 Å². The van der Waals surface area contributed by atoms with Gasteiger partial charge in [0.05, 0.1) is 33.1 Å². The minimum atomic E-state index is 0.867. The van der Waals surface area contributed by atoms with Crippen LogP contribution in [0.1, 0.15) is 11.1 Å². The van der Waals surface area contributed by atoms with E-state index < -0.39 is 0 Å². The Balaban J connectivity index is 1.60. The average molecular weight is 523 g/mol. The van der Waals surface area contributed by atoms with E-state index in [1.54, 1.807) is 0 Å². The predicted octanol–water partition coefficient (Wildman–Crippen LogP) is 8.86. The maximum atomic E-state index is 5.31. The number of hydrogen-bond donors (Lipinski definition) is 0. The lowest BCUT2D eigenvalue weighted by molar-refractivity contribution is 1.18. The number of aromatic nitrogens is 4. The average Bonchev–Trinajstić information content (AvgIpc) is 3.71. The number of rotatable bonds is 1. The minimum absolute atomic E-state index is 0.867. The van der Waals surface area contributed by atoms with Crippen LogP contribution in [-0.2, 0) is 6.42 Å². The second kappa shape index (κ2) is 7.58.